The fraction of sp³-hybridized carbons (Fsp3) is 0.182. The summed E-state index contributed by atoms with van der Waals surface area (Å²) in [6.07, 6.45) is 1.79. The molecule has 0 N–H and O–H groups in total. The average molecular weight is 376 g/mol. The molecule has 0 aliphatic rings. The molecule has 0 bridgehead atoms. The van der Waals surface area contributed by atoms with E-state index in [1.807, 2.05) is 17.5 Å². The summed E-state index contributed by atoms with van der Waals surface area (Å²) in [5.41, 5.74) is 5.66. The van der Waals surface area contributed by atoms with Gasteiger partial charge >= 0.3 is 0 Å². The second-order valence-electron chi connectivity index (χ2n) is 6.13. The monoisotopic (exact) mass is 376 g/mol. The molecule has 27 heavy (non-hydrogen) atoms. The molecule has 0 atom stereocenters. The second kappa shape index (κ2) is 8.07. The zero-order valence-corrected chi connectivity index (χ0v) is 16.6. The molecule has 5 heteroatoms. The van der Waals surface area contributed by atoms with Crippen LogP contribution in [0.4, 0.5) is 0 Å². The van der Waals surface area contributed by atoms with Crippen LogP contribution < -0.4 is 9.47 Å². The SMILES string of the molecule is COc1ccc(C=C(C#N)c2nc(-c3ccc(C)cc3C)cs2)c(OC)c1. The van der Waals surface area contributed by atoms with Gasteiger partial charge in [0.25, 0.3) is 0 Å². The van der Waals surface area contributed by atoms with E-state index in [0.29, 0.717) is 22.1 Å². The fourth-order valence-electron chi connectivity index (χ4n) is 2.86. The summed E-state index contributed by atoms with van der Waals surface area (Å²) < 4.78 is 10.6. The van der Waals surface area contributed by atoms with Gasteiger partial charge in [0.15, 0.2) is 0 Å². The van der Waals surface area contributed by atoms with Crippen LogP contribution in [0.3, 0.4) is 0 Å². The Labute approximate surface area is 163 Å². The van der Waals surface area contributed by atoms with Crippen molar-refractivity contribution in [2.75, 3.05) is 14.2 Å². The number of methoxy groups -OCH3 is 2. The molecule has 0 aliphatic heterocycles. The van der Waals surface area contributed by atoms with Gasteiger partial charge in [0.2, 0.25) is 0 Å². The molecule has 0 spiro atoms. The molecule has 0 radical (unpaired) electrons. The molecule has 0 amide bonds. The van der Waals surface area contributed by atoms with E-state index in [4.69, 9.17) is 9.47 Å². The van der Waals surface area contributed by atoms with Crippen molar-refractivity contribution < 1.29 is 9.47 Å². The average Bonchev–Trinajstić information content (AvgIpc) is 3.15. The van der Waals surface area contributed by atoms with Crippen LogP contribution in [0, 0.1) is 25.2 Å². The highest BCUT2D eigenvalue weighted by Gasteiger charge is 2.12. The maximum Gasteiger partial charge on any atom is 0.134 e. The molecule has 1 heterocycles. The summed E-state index contributed by atoms with van der Waals surface area (Å²) in [5, 5.41) is 12.3. The largest absolute Gasteiger partial charge is 0.497 e. The number of allylic oxidation sites excluding steroid dienone is 1. The Kier molecular flexibility index (Phi) is 5.58. The van der Waals surface area contributed by atoms with Gasteiger partial charge in [0.05, 0.1) is 25.5 Å². The van der Waals surface area contributed by atoms with Gasteiger partial charge in [-0.05, 0) is 37.6 Å². The van der Waals surface area contributed by atoms with Gasteiger partial charge in [-0.3, -0.25) is 0 Å². The Morgan fingerprint density at radius 3 is 2.59 bits per heavy atom. The Balaban J connectivity index is 1.99. The third kappa shape index (κ3) is 4.02. The van der Waals surface area contributed by atoms with Crippen molar-refractivity contribution in [3.63, 3.8) is 0 Å². The minimum atomic E-state index is 0.500. The van der Waals surface area contributed by atoms with Crippen LogP contribution in [0.1, 0.15) is 21.7 Å². The third-order valence-electron chi connectivity index (χ3n) is 4.25. The number of rotatable bonds is 5. The molecule has 4 nitrogen and oxygen atoms in total. The first kappa shape index (κ1) is 18.7. The van der Waals surface area contributed by atoms with Gasteiger partial charge in [-0.2, -0.15) is 5.26 Å². The Morgan fingerprint density at radius 2 is 1.93 bits per heavy atom. The number of nitriles is 1. The van der Waals surface area contributed by atoms with Gasteiger partial charge in [0, 0.05) is 22.6 Å². The lowest BCUT2D eigenvalue weighted by atomic mass is 10.0. The van der Waals surface area contributed by atoms with Crippen molar-refractivity contribution in [3.8, 4) is 28.8 Å². The van der Waals surface area contributed by atoms with Crippen molar-refractivity contribution in [1.82, 2.24) is 4.98 Å². The molecule has 3 rings (SSSR count). The van der Waals surface area contributed by atoms with E-state index in [1.165, 1.54) is 22.5 Å². The maximum atomic E-state index is 9.66. The normalized spacial score (nSPS) is 11.1. The first-order valence-electron chi connectivity index (χ1n) is 8.43. The number of thiazole rings is 1. The van der Waals surface area contributed by atoms with E-state index < -0.39 is 0 Å². The van der Waals surface area contributed by atoms with E-state index >= 15 is 0 Å². The number of benzene rings is 2. The van der Waals surface area contributed by atoms with Crippen LogP contribution in [0.25, 0.3) is 22.9 Å². The molecule has 136 valence electrons. The molecular formula is C22H20N2O2S. The number of aromatic nitrogens is 1. The highest BCUT2D eigenvalue weighted by atomic mass is 32.1. The maximum absolute atomic E-state index is 9.66. The molecule has 1 aromatic heterocycles. The molecule has 2 aromatic carbocycles. The smallest absolute Gasteiger partial charge is 0.134 e. The number of hydrogen-bond donors (Lipinski definition) is 0. The predicted molar refractivity (Wildman–Crippen MR) is 110 cm³/mol. The van der Waals surface area contributed by atoms with Gasteiger partial charge in [-0.25, -0.2) is 4.98 Å². The highest BCUT2D eigenvalue weighted by Crippen LogP contribution is 2.32. The van der Waals surface area contributed by atoms with Gasteiger partial charge in [-0.15, -0.1) is 11.3 Å². The quantitative estimate of drug-likeness (QED) is 0.551. The predicted octanol–water partition coefficient (Wildman–Crippen LogP) is 5.51. The van der Waals surface area contributed by atoms with E-state index in [1.54, 1.807) is 26.4 Å². The lowest BCUT2D eigenvalue weighted by Gasteiger charge is -2.07. The van der Waals surface area contributed by atoms with Crippen LogP contribution in [-0.2, 0) is 0 Å². The Hall–Kier alpha value is -3.10. The molecule has 0 fully saturated rings. The summed E-state index contributed by atoms with van der Waals surface area (Å²) in [5.74, 6) is 1.35. The standard InChI is InChI=1S/C22H20N2O2S/c1-14-5-8-19(15(2)9-14)20-13-27-22(24-20)17(12-23)10-16-6-7-18(25-3)11-21(16)26-4/h5-11,13H,1-4H3. The van der Waals surface area contributed by atoms with Gasteiger partial charge < -0.3 is 9.47 Å². The summed E-state index contributed by atoms with van der Waals surface area (Å²) in [7, 11) is 3.20. The lowest BCUT2D eigenvalue weighted by molar-refractivity contribution is 0.394. The van der Waals surface area contributed by atoms with Gasteiger partial charge in [0.1, 0.15) is 22.6 Å². The minimum Gasteiger partial charge on any atom is -0.497 e. The van der Waals surface area contributed by atoms with Crippen molar-refractivity contribution >= 4 is 23.0 Å². The summed E-state index contributed by atoms with van der Waals surface area (Å²) in [4.78, 5) is 4.69. The first-order chi connectivity index (χ1) is 13.0. The van der Waals surface area contributed by atoms with Gasteiger partial charge in [-0.1, -0.05) is 23.8 Å². The number of nitrogens with zero attached hydrogens (tertiary/aromatic N) is 2. The molecule has 3 aromatic rings. The number of ether oxygens (including phenoxy) is 2. The summed E-state index contributed by atoms with van der Waals surface area (Å²) in [6.45, 7) is 4.15. The van der Waals surface area contributed by atoms with E-state index in [0.717, 1.165) is 16.8 Å². The fourth-order valence-corrected chi connectivity index (χ4v) is 3.64. The Bertz CT molecular complexity index is 1040. The minimum absolute atomic E-state index is 0.500. The molecular weight excluding hydrogens is 356 g/mol. The molecule has 0 aliphatic carbocycles. The molecule has 0 saturated carbocycles. The second-order valence-corrected chi connectivity index (χ2v) is 6.99. The van der Waals surface area contributed by atoms with Crippen LogP contribution in [-0.4, -0.2) is 19.2 Å². The van der Waals surface area contributed by atoms with E-state index in [9.17, 15) is 5.26 Å². The van der Waals surface area contributed by atoms with Crippen molar-refractivity contribution in [3.05, 3.63) is 63.5 Å². The first-order valence-corrected chi connectivity index (χ1v) is 9.31. The Morgan fingerprint density at radius 1 is 1.11 bits per heavy atom. The summed E-state index contributed by atoms with van der Waals surface area (Å²) in [6, 6.07) is 14.0. The van der Waals surface area contributed by atoms with Crippen LogP contribution in [0.5, 0.6) is 11.5 Å². The number of aryl methyl sites for hydroxylation is 2. The number of hydrogen-bond acceptors (Lipinski definition) is 5. The van der Waals surface area contributed by atoms with E-state index in [-0.39, 0.29) is 0 Å². The summed E-state index contributed by atoms with van der Waals surface area (Å²) >= 11 is 1.46. The van der Waals surface area contributed by atoms with Crippen molar-refractivity contribution in [1.29, 1.82) is 5.26 Å². The molecule has 0 saturated heterocycles. The van der Waals surface area contributed by atoms with Crippen LogP contribution in [0.15, 0.2) is 41.8 Å². The topological polar surface area (TPSA) is 55.1 Å². The van der Waals surface area contributed by atoms with Crippen LogP contribution >= 0.6 is 11.3 Å². The van der Waals surface area contributed by atoms with E-state index in [2.05, 4.69) is 43.1 Å². The third-order valence-corrected chi connectivity index (χ3v) is 5.13. The zero-order chi connectivity index (χ0) is 19.4. The van der Waals surface area contributed by atoms with Crippen molar-refractivity contribution in [2.45, 2.75) is 13.8 Å². The van der Waals surface area contributed by atoms with Crippen molar-refractivity contribution in [2.24, 2.45) is 0 Å². The molecule has 0 unspecified atom stereocenters. The highest BCUT2D eigenvalue weighted by molar-refractivity contribution is 7.11. The van der Waals surface area contributed by atoms with Crippen LogP contribution in [0.2, 0.25) is 0 Å². The lowest BCUT2D eigenvalue weighted by Crippen LogP contribution is -1.91. The zero-order valence-electron chi connectivity index (χ0n) is 15.7.